The van der Waals surface area contributed by atoms with Gasteiger partial charge in [-0.2, -0.15) is 0 Å². The van der Waals surface area contributed by atoms with Gasteiger partial charge >= 0.3 is 5.63 Å². The van der Waals surface area contributed by atoms with Crippen LogP contribution in [-0.4, -0.2) is 66.4 Å². The molecule has 2 aliphatic rings. The highest BCUT2D eigenvalue weighted by Gasteiger charge is 2.25. The second kappa shape index (κ2) is 9.96. The average molecular weight is 426 g/mol. The maximum Gasteiger partial charge on any atom is 0.336 e. The number of amides is 1. The summed E-state index contributed by atoms with van der Waals surface area (Å²) in [5.74, 6) is 0.249. The molecule has 1 aliphatic carbocycles. The molecule has 1 saturated heterocycles. The SMILES string of the molecule is CCc1ccc2oc(=O)cc(CN3CCN(CC(=O)N(C)C4CCCCC4)CC3)c2c1. The van der Waals surface area contributed by atoms with E-state index in [2.05, 4.69) is 22.8 Å². The lowest BCUT2D eigenvalue weighted by Crippen LogP contribution is -2.50. The largest absolute Gasteiger partial charge is 0.423 e. The third kappa shape index (κ3) is 5.36. The van der Waals surface area contributed by atoms with Crippen molar-refractivity contribution in [3.63, 3.8) is 0 Å². The number of fused-ring (bicyclic) bond motifs is 1. The van der Waals surface area contributed by atoms with E-state index in [9.17, 15) is 9.59 Å². The smallest absolute Gasteiger partial charge is 0.336 e. The molecule has 31 heavy (non-hydrogen) atoms. The van der Waals surface area contributed by atoms with Gasteiger partial charge in [-0.05, 0) is 42.5 Å². The Morgan fingerprint density at radius 2 is 1.77 bits per heavy atom. The summed E-state index contributed by atoms with van der Waals surface area (Å²) in [5, 5.41) is 1.03. The second-order valence-electron chi connectivity index (χ2n) is 9.12. The third-order valence-corrected chi connectivity index (χ3v) is 7.03. The molecule has 2 fully saturated rings. The summed E-state index contributed by atoms with van der Waals surface area (Å²) in [4.78, 5) is 31.4. The van der Waals surface area contributed by atoms with Crippen LogP contribution in [0.2, 0.25) is 0 Å². The topological polar surface area (TPSA) is 57.0 Å². The van der Waals surface area contributed by atoms with Crippen LogP contribution >= 0.6 is 0 Å². The molecule has 1 aromatic carbocycles. The molecule has 1 aromatic heterocycles. The third-order valence-electron chi connectivity index (χ3n) is 7.03. The Labute approximate surface area is 184 Å². The van der Waals surface area contributed by atoms with Crippen molar-refractivity contribution in [2.24, 2.45) is 0 Å². The highest BCUT2D eigenvalue weighted by molar-refractivity contribution is 5.81. The molecule has 6 nitrogen and oxygen atoms in total. The van der Waals surface area contributed by atoms with Crippen molar-refractivity contribution in [1.29, 1.82) is 0 Å². The van der Waals surface area contributed by atoms with Crippen molar-refractivity contribution in [3.8, 4) is 0 Å². The van der Waals surface area contributed by atoms with Crippen molar-refractivity contribution in [1.82, 2.24) is 14.7 Å². The molecule has 0 bridgehead atoms. The Balaban J connectivity index is 1.34. The summed E-state index contributed by atoms with van der Waals surface area (Å²) < 4.78 is 5.40. The summed E-state index contributed by atoms with van der Waals surface area (Å²) in [5.41, 5.74) is 2.65. The van der Waals surface area contributed by atoms with E-state index in [0.717, 1.165) is 62.9 Å². The molecular formula is C25H35N3O3. The summed E-state index contributed by atoms with van der Waals surface area (Å²) in [6.45, 7) is 6.93. The molecular weight excluding hydrogens is 390 g/mol. The van der Waals surface area contributed by atoms with Crippen LogP contribution < -0.4 is 5.63 Å². The zero-order chi connectivity index (χ0) is 21.8. The number of piperazine rings is 1. The van der Waals surface area contributed by atoms with Crippen LogP contribution in [0.3, 0.4) is 0 Å². The highest BCUT2D eigenvalue weighted by atomic mass is 16.4. The maximum atomic E-state index is 12.8. The number of hydrogen-bond acceptors (Lipinski definition) is 5. The molecule has 1 saturated carbocycles. The minimum atomic E-state index is -0.290. The van der Waals surface area contributed by atoms with E-state index in [1.165, 1.54) is 24.8 Å². The molecule has 0 N–H and O–H groups in total. The molecule has 4 rings (SSSR count). The van der Waals surface area contributed by atoms with Gasteiger partial charge in [-0.1, -0.05) is 32.3 Å². The van der Waals surface area contributed by atoms with Crippen LogP contribution in [0.1, 0.15) is 50.2 Å². The van der Waals surface area contributed by atoms with Gasteiger partial charge in [0.2, 0.25) is 5.91 Å². The lowest BCUT2D eigenvalue weighted by atomic mass is 9.94. The number of benzene rings is 1. The van der Waals surface area contributed by atoms with Crippen LogP contribution in [0.25, 0.3) is 11.0 Å². The minimum absolute atomic E-state index is 0.249. The van der Waals surface area contributed by atoms with Gasteiger partial charge in [0, 0.05) is 57.3 Å². The number of aryl methyl sites for hydroxylation is 1. The number of hydrogen-bond donors (Lipinski definition) is 0. The molecule has 0 radical (unpaired) electrons. The number of nitrogens with zero attached hydrogens (tertiary/aromatic N) is 3. The Hall–Kier alpha value is -2.18. The van der Waals surface area contributed by atoms with E-state index in [4.69, 9.17) is 4.42 Å². The van der Waals surface area contributed by atoms with Crippen molar-refractivity contribution in [2.75, 3.05) is 39.8 Å². The van der Waals surface area contributed by atoms with Crippen LogP contribution in [0.15, 0.2) is 33.5 Å². The first kappa shape index (κ1) is 22.0. The predicted octanol–water partition coefficient (Wildman–Crippen LogP) is 3.26. The molecule has 2 heterocycles. The van der Waals surface area contributed by atoms with Gasteiger partial charge in [0.05, 0.1) is 6.54 Å². The van der Waals surface area contributed by atoms with E-state index in [0.29, 0.717) is 18.2 Å². The van der Waals surface area contributed by atoms with Crippen LogP contribution in [0, 0.1) is 0 Å². The zero-order valence-corrected chi connectivity index (χ0v) is 18.9. The van der Waals surface area contributed by atoms with Gasteiger partial charge in [-0.3, -0.25) is 14.6 Å². The quantitative estimate of drug-likeness (QED) is 0.665. The Morgan fingerprint density at radius 3 is 2.48 bits per heavy atom. The molecule has 2 aromatic rings. The first-order valence-electron chi connectivity index (χ1n) is 11.8. The Bertz CT molecular complexity index is 956. The summed E-state index contributed by atoms with van der Waals surface area (Å²) in [6, 6.07) is 8.13. The highest BCUT2D eigenvalue weighted by Crippen LogP contribution is 2.23. The monoisotopic (exact) mass is 425 g/mol. The van der Waals surface area contributed by atoms with E-state index >= 15 is 0 Å². The molecule has 0 atom stereocenters. The predicted molar refractivity (Wildman–Crippen MR) is 123 cm³/mol. The standard InChI is InChI=1S/C25H35N3O3/c1-3-19-9-10-23-22(15-19)20(16-25(30)31-23)17-27-11-13-28(14-12-27)18-24(29)26(2)21-7-5-4-6-8-21/h9-10,15-16,21H,3-8,11-14,17-18H2,1-2H3. The Kier molecular flexibility index (Phi) is 7.08. The first-order valence-corrected chi connectivity index (χ1v) is 11.8. The fourth-order valence-electron chi connectivity index (χ4n) is 4.95. The molecule has 168 valence electrons. The number of carbonyl (C=O) groups excluding carboxylic acids is 1. The van der Waals surface area contributed by atoms with Gasteiger partial charge in [-0.15, -0.1) is 0 Å². The van der Waals surface area contributed by atoms with E-state index < -0.39 is 0 Å². The number of rotatable bonds is 6. The summed E-state index contributed by atoms with van der Waals surface area (Å²) in [7, 11) is 1.98. The lowest BCUT2D eigenvalue weighted by Gasteiger charge is -2.37. The fraction of sp³-hybridized carbons (Fsp3) is 0.600. The van der Waals surface area contributed by atoms with E-state index in [1.54, 1.807) is 6.07 Å². The van der Waals surface area contributed by atoms with Crippen molar-refractivity contribution in [3.05, 3.63) is 45.8 Å². The Morgan fingerprint density at radius 1 is 1.06 bits per heavy atom. The summed E-state index contributed by atoms with van der Waals surface area (Å²) in [6.07, 6.45) is 7.04. The lowest BCUT2D eigenvalue weighted by molar-refractivity contribution is -0.134. The molecule has 0 unspecified atom stereocenters. The van der Waals surface area contributed by atoms with Gasteiger partial charge < -0.3 is 9.32 Å². The molecule has 6 heteroatoms. The molecule has 0 spiro atoms. The number of carbonyl (C=O) groups is 1. The summed E-state index contributed by atoms with van der Waals surface area (Å²) >= 11 is 0. The van der Waals surface area contributed by atoms with Crippen LogP contribution in [0.4, 0.5) is 0 Å². The van der Waals surface area contributed by atoms with Crippen molar-refractivity contribution in [2.45, 2.75) is 58.0 Å². The average Bonchev–Trinajstić information content (AvgIpc) is 2.80. The van der Waals surface area contributed by atoms with Gasteiger partial charge in [0.25, 0.3) is 0 Å². The van der Waals surface area contributed by atoms with Gasteiger partial charge in [0.1, 0.15) is 5.58 Å². The normalized spacial score (nSPS) is 19.0. The fourth-order valence-corrected chi connectivity index (χ4v) is 4.95. The van der Waals surface area contributed by atoms with Crippen molar-refractivity contribution < 1.29 is 9.21 Å². The van der Waals surface area contributed by atoms with Crippen molar-refractivity contribution >= 4 is 16.9 Å². The number of likely N-dealkylation sites (N-methyl/N-ethyl adjacent to an activating group) is 1. The minimum Gasteiger partial charge on any atom is -0.423 e. The van der Waals surface area contributed by atoms with Crippen LogP contribution in [-0.2, 0) is 17.8 Å². The molecule has 1 amide bonds. The molecule has 1 aliphatic heterocycles. The maximum absolute atomic E-state index is 12.8. The van der Waals surface area contributed by atoms with E-state index in [1.807, 2.05) is 24.1 Å². The van der Waals surface area contributed by atoms with E-state index in [-0.39, 0.29) is 11.5 Å². The zero-order valence-electron chi connectivity index (χ0n) is 18.9. The second-order valence-corrected chi connectivity index (χ2v) is 9.12. The first-order chi connectivity index (χ1) is 15.0. The van der Waals surface area contributed by atoms with Gasteiger partial charge in [0.15, 0.2) is 0 Å². The van der Waals surface area contributed by atoms with Crippen LogP contribution in [0.5, 0.6) is 0 Å². The van der Waals surface area contributed by atoms with Gasteiger partial charge in [-0.25, -0.2) is 4.79 Å².